The van der Waals surface area contributed by atoms with E-state index in [9.17, 15) is 17.6 Å². The molecule has 0 fully saturated rings. The van der Waals surface area contributed by atoms with Crippen molar-refractivity contribution in [1.29, 1.82) is 0 Å². The van der Waals surface area contributed by atoms with Gasteiger partial charge in [0.15, 0.2) is 0 Å². The number of benzene rings is 2. The maximum absolute atomic E-state index is 13.0. The van der Waals surface area contributed by atoms with Crippen molar-refractivity contribution in [3.8, 4) is 0 Å². The van der Waals surface area contributed by atoms with Crippen LogP contribution in [-0.2, 0) is 10.0 Å². The number of amides is 1. The van der Waals surface area contributed by atoms with Crippen molar-refractivity contribution in [2.75, 3.05) is 4.72 Å². The molecule has 0 saturated carbocycles. The Hall–Kier alpha value is -2.41. The van der Waals surface area contributed by atoms with Crippen LogP contribution < -0.4 is 10.0 Å². The Morgan fingerprint density at radius 3 is 2.11 bits per heavy atom. The smallest absolute Gasteiger partial charge is 0.261 e. The molecular formula is C20H25FN2O3S. The highest BCUT2D eigenvalue weighted by Crippen LogP contribution is 2.18. The van der Waals surface area contributed by atoms with Crippen LogP contribution in [0.25, 0.3) is 0 Å². The van der Waals surface area contributed by atoms with Gasteiger partial charge in [0.05, 0.1) is 4.90 Å². The quantitative estimate of drug-likeness (QED) is 0.747. The molecule has 0 aliphatic heterocycles. The summed E-state index contributed by atoms with van der Waals surface area (Å²) in [6.07, 6.45) is 0. The van der Waals surface area contributed by atoms with Crippen molar-refractivity contribution < 1.29 is 17.6 Å². The van der Waals surface area contributed by atoms with E-state index < -0.39 is 15.8 Å². The fraction of sp³-hybridized carbons (Fsp3) is 0.350. The molecule has 5 nitrogen and oxygen atoms in total. The summed E-state index contributed by atoms with van der Waals surface area (Å²) >= 11 is 0. The lowest BCUT2D eigenvalue weighted by atomic mass is 9.93. The van der Waals surface area contributed by atoms with E-state index in [0.717, 1.165) is 0 Å². The van der Waals surface area contributed by atoms with Gasteiger partial charge in [-0.2, -0.15) is 0 Å². The number of sulfonamides is 1. The van der Waals surface area contributed by atoms with Crippen LogP contribution in [0.2, 0.25) is 0 Å². The zero-order valence-corrected chi connectivity index (χ0v) is 16.7. The molecule has 2 N–H and O–H groups in total. The van der Waals surface area contributed by atoms with Gasteiger partial charge in [0.25, 0.3) is 15.9 Å². The number of hydrogen-bond acceptors (Lipinski definition) is 3. The molecule has 0 unspecified atom stereocenters. The van der Waals surface area contributed by atoms with Crippen molar-refractivity contribution >= 4 is 21.6 Å². The maximum Gasteiger partial charge on any atom is 0.261 e. The molecule has 0 aliphatic carbocycles. The van der Waals surface area contributed by atoms with Crippen LogP contribution >= 0.6 is 0 Å². The van der Waals surface area contributed by atoms with E-state index >= 15 is 0 Å². The zero-order chi connectivity index (χ0) is 20.2. The topological polar surface area (TPSA) is 75.3 Å². The Morgan fingerprint density at radius 1 is 0.963 bits per heavy atom. The van der Waals surface area contributed by atoms with Crippen molar-refractivity contribution in [2.45, 2.75) is 38.6 Å². The summed E-state index contributed by atoms with van der Waals surface area (Å²) in [6, 6.07) is 10.8. The maximum atomic E-state index is 13.0. The fourth-order valence-electron chi connectivity index (χ4n) is 2.87. The van der Waals surface area contributed by atoms with Gasteiger partial charge in [-0.25, -0.2) is 12.8 Å². The molecule has 27 heavy (non-hydrogen) atoms. The Kier molecular flexibility index (Phi) is 6.59. The molecule has 0 atom stereocenters. The van der Waals surface area contributed by atoms with E-state index in [-0.39, 0.29) is 39.9 Å². The minimum Gasteiger partial charge on any atom is -0.349 e. The van der Waals surface area contributed by atoms with Gasteiger partial charge < -0.3 is 5.32 Å². The van der Waals surface area contributed by atoms with E-state index in [4.69, 9.17) is 0 Å². The third-order valence-electron chi connectivity index (χ3n) is 4.24. The first-order chi connectivity index (χ1) is 12.6. The van der Waals surface area contributed by atoms with Gasteiger partial charge in [-0.3, -0.25) is 9.52 Å². The lowest BCUT2D eigenvalue weighted by Crippen LogP contribution is -2.42. The third-order valence-corrected chi connectivity index (χ3v) is 5.62. The van der Waals surface area contributed by atoms with Crippen molar-refractivity contribution in [2.24, 2.45) is 11.8 Å². The van der Waals surface area contributed by atoms with Crippen molar-refractivity contribution in [3.05, 3.63) is 59.9 Å². The minimum absolute atomic E-state index is 0.0184. The standard InChI is InChI=1S/C20H25FN2O3S/c1-13(2)19(14(3)4)22-20(24)15-6-5-7-18(12-15)27(25,26)23-17-10-8-16(21)9-11-17/h5-14,19,23H,1-4H3,(H,22,24). The Bertz CT molecular complexity index is 886. The van der Waals surface area contributed by atoms with E-state index in [1.54, 1.807) is 6.07 Å². The average molecular weight is 392 g/mol. The SMILES string of the molecule is CC(C)C(NC(=O)c1cccc(S(=O)(=O)Nc2ccc(F)cc2)c1)C(C)C. The van der Waals surface area contributed by atoms with Gasteiger partial charge in [0, 0.05) is 17.3 Å². The predicted molar refractivity (Wildman–Crippen MR) is 105 cm³/mol. The summed E-state index contributed by atoms with van der Waals surface area (Å²) in [6.45, 7) is 8.10. The van der Waals surface area contributed by atoms with Crippen LogP contribution in [0.5, 0.6) is 0 Å². The van der Waals surface area contributed by atoms with Gasteiger partial charge in [0.1, 0.15) is 5.82 Å². The number of halogens is 1. The molecule has 146 valence electrons. The minimum atomic E-state index is -3.90. The number of nitrogens with one attached hydrogen (secondary N) is 2. The highest BCUT2D eigenvalue weighted by atomic mass is 32.2. The van der Waals surface area contributed by atoms with Gasteiger partial charge in [-0.1, -0.05) is 33.8 Å². The lowest BCUT2D eigenvalue weighted by Gasteiger charge is -2.26. The summed E-state index contributed by atoms with van der Waals surface area (Å²) in [5.74, 6) is -0.273. The third kappa shape index (κ3) is 5.53. The van der Waals surface area contributed by atoms with E-state index in [0.29, 0.717) is 0 Å². The lowest BCUT2D eigenvalue weighted by molar-refractivity contribution is 0.0910. The summed E-state index contributed by atoms with van der Waals surface area (Å²) in [4.78, 5) is 12.5. The average Bonchev–Trinajstić information content (AvgIpc) is 2.60. The van der Waals surface area contributed by atoms with Crippen molar-refractivity contribution in [3.63, 3.8) is 0 Å². The zero-order valence-electron chi connectivity index (χ0n) is 15.9. The molecule has 2 aromatic rings. The summed E-state index contributed by atoms with van der Waals surface area (Å²) in [7, 11) is -3.90. The van der Waals surface area contributed by atoms with Crippen LogP contribution in [0.1, 0.15) is 38.1 Å². The van der Waals surface area contributed by atoms with Crippen LogP contribution in [0.15, 0.2) is 53.4 Å². The Balaban J connectivity index is 2.22. The van der Waals surface area contributed by atoms with Gasteiger partial charge in [-0.15, -0.1) is 0 Å². The van der Waals surface area contributed by atoms with Crippen LogP contribution in [-0.4, -0.2) is 20.4 Å². The Morgan fingerprint density at radius 2 is 1.56 bits per heavy atom. The second-order valence-corrected chi connectivity index (χ2v) is 8.81. The number of hydrogen-bond donors (Lipinski definition) is 2. The molecule has 0 spiro atoms. The van der Waals surface area contributed by atoms with Crippen LogP contribution in [0, 0.1) is 17.7 Å². The van der Waals surface area contributed by atoms with E-state index in [1.165, 1.54) is 42.5 Å². The largest absolute Gasteiger partial charge is 0.349 e. The highest BCUT2D eigenvalue weighted by molar-refractivity contribution is 7.92. The van der Waals surface area contributed by atoms with E-state index in [2.05, 4.69) is 10.0 Å². The fourth-order valence-corrected chi connectivity index (χ4v) is 3.98. The first-order valence-electron chi connectivity index (χ1n) is 8.79. The van der Waals surface area contributed by atoms with E-state index in [1.807, 2.05) is 27.7 Å². The molecule has 7 heteroatoms. The summed E-state index contributed by atoms with van der Waals surface area (Å²) in [5, 5.41) is 2.97. The van der Waals surface area contributed by atoms with Gasteiger partial charge >= 0.3 is 0 Å². The number of carbonyl (C=O) groups excluding carboxylic acids is 1. The second-order valence-electron chi connectivity index (χ2n) is 7.13. The molecule has 1 amide bonds. The van der Waals surface area contributed by atoms with Gasteiger partial charge in [0.2, 0.25) is 0 Å². The highest BCUT2D eigenvalue weighted by Gasteiger charge is 2.22. The molecule has 0 radical (unpaired) electrons. The molecular weight excluding hydrogens is 367 g/mol. The molecule has 0 saturated heterocycles. The van der Waals surface area contributed by atoms with Crippen LogP contribution in [0.3, 0.4) is 0 Å². The first-order valence-corrected chi connectivity index (χ1v) is 10.3. The molecule has 2 rings (SSSR count). The number of carbonyl (C=O) groups is 1. The first kappa shape index (κ1) is 20.9. The normalized spacial score (nSPS) is 11.9. The number of rotatable bonds is 7. The van der Waals surface area contributed by atoms with Crippen molar-refractivity contribution in [1.82, 2.24) is 5.32 Å². The molecule has 0 aliphatic rings. The van der Waals surface area contributed by atoms with Crippen LogP contribution in [0.4, 0.5) is 10.1 Å². The van der Waals surface area contributed by atoms with Gasteiger partial charge in [-0.05, 0) is 54.3 Å². The predicted octanol–water partition coefficient (Wildman–Crippen LogP) is 4.04. The molecule has 0 aromatic heterocycles. The molecule has 2 aromatic carbocycles. The molecule has 0 heterocycles. The monoisotopic (exact) mass is 392 g/mol. The molecule has 0 bridgehead atoms. The summed E-state index contributed by atoms with van der Waals surface area (Å²) in [5.41, 5.74) is 0.509. The number of anilines is 1. The Labute approximate surface area is 160 Å². The second kappa shape index (κ2) is 8.52. The summed E-state index contributed by atoms with van der Waals surface area (Å²) < 4.78 is 40.5.